The number of thiazole rings is 1. The number of para-hydroxylation sites is 1. The van der Waals surface area contributed by atoms with Crippen molar-refractivity contribution < 1.29 is 4.79 Å². The number of aromatic amines is 1. The molecule has 0 atom stereocenters. The van der Waals surface area contributed by atoms with Gasteiger partial charge >= 0.3 is 0 Å². The van der Waals surface area contributed by atoms with Crippen molar-refractivity contribution >= 4 is 34.2 Å². The molecule has 1 aromatic carbocycles. The quantitative estimate of drug-likeness (QED) is 0.539. The van der Waals surface area contributed by atoms with Crippen LogP contribution in [-0.4, -0.2) is 43.9 Å². The summed E-state index contributed by atoms with van der Waals surface area (Å²) in [6, 6.07) is 5.82. The molecule has 0 radical (unpaired) electrons. The minimum absolute atomic E-state index is 0.287. The van der Waals surface area contributed by atoms with Gasteiger partial charge in [-0.15, -0.1) is 11.3 Å². The van der Waals surface area contributed by atoms with Gasteiger partial charge in [0.2, 0.25) is 5.95 Å². The normalized spacial score (nSPS) is 14.4. The average molecular weight is 405 g/mol. The highest BCUT2D eigenvalue weighted by molar-refractivity contribution is 7.12. The Hall–Kier alpha value is -3.33. The smallest absolute Gasteiger partial charge is 0.277 e. The lowest BCUT2D eigenvalue weighted by molar-refractivity contribution is 0.1000. The topological polar surface area (TPSA) is 114 Å². The van der Waals surface area contributed by atoms with Crippen molar-refractivity contribution in [2.24, 2.45) is 5.73 Å². The van der Waals surface area contributed by atoms with Gasteiger partial charge in [0.1, 0.15) is 5.82 Å². The number of nitrogens with two attached hydrogens (primary N) is 1. The number of imidazole rings is 1. The Bertz CT molecular complexity index is 1180. The molecular weight excluding hydrogens is 386 g/mol. The fourth-order valence-corrected chi connectivity index (χ4v) is 4.26. The van der Waals surface area contributed by atoms with Crippen LogP contribution < -0.4 is 10.6 Å². The predicted molar refractivity (Wildman–Crippen MR) is 113 cm³/mol. The maximum Gasteiger partial charge on any atom is 0.277 e. The standard InChI is InChI=1S/C20H19N7OS/c21-17(28)19-25-15(11-29-19)13-5-4-6-14-16(13)26-18(24-14)12-9-22-20(23-10-12)27-7-2-1-3-8-27/h4-6,9-11H,1-3,7-8H2,(H2,21,28)(H,24,26). The minimum atomic E-state index is -0.526. The maximum atomic E-state index is 11.4. The Balaban J connectivity index is 1.49. The zero-order chi connectivity index (χ0) is 19.8. The summed E-state index contributed by atoms with van der Waals surface area (Å²) < 4.78 is 0. The molecule has 0 bridgehead atoms. The molecule has 4 aromatic rings. The first-order valence-electron chi connectivity index (χ1n) is 9.51. The summed E-state index contributed by atoms with van der Waals surface area (Å²) in [6.45, 7) is 2.02. The average Bonchev–Trinajstić information content (AvgIpc) is 3.42. The number of carbonyl (C=O) groups is 1. The van der Waals surface area contributed by atoms with E-state index >= 15 is 0 Å². The number of hydrogen-bond donors (Lipinski definition) is 2. The number of primary amides is 1. The number of amides is 1. The molecule has 1 fully saturated rings. The number of anilines is 1. The summed E-state index contributed by atoms with van der Waals surface area (Å²) in [7, 11) is 0. The molecule has 0 unspecified atom stereocenters. The third-order valence-corrected chi connectivity index (χ3v) is 5.91. The summed E-state index contributed by atoms with van der Waals surface area (Å²) in [5.74, 6) is 0.941. The third kappa shape index (κ3) is 3.33. The van der Waals surface area contributed by atoms with Crippen LogP contribution in [0.3, 0.4) is 0 Å². The zero-order valence-electron chi connectivity index (χ0n) is 15.6. The van der Waals surface area contributed by atoms with Crippen LogP contribution in [-0.2, 0) is 0 Å². The summed E-state index contributed by atoms with van der Waals surface area (Å²) in [6.07, 6.45) is 7.26. The van der Waals surface area contributed by atoms with Crippen molar-refractivity contribution in [3.8, 4) is 22.6 Å². The van der Waals surface area contributed by atoms with E-state index in [0.29, 0.717) is 11.5 Å². The molecule has 146 valence electrons. The second-order valence-electron chi connectivity index (χ2n) is 7.01. The molecule has 29 heavy (non-hydrogen) atoms. The van der Waals surface area contributed by atoms with Crippen LogP contribution in [0.15, 0.2) is 36.0 Å². The Kier molecular flexibility index (Phi) is 4.44. The van der Waals surface area contributed by atoms with Crippen molar-refractivity contribution in [3.63, 3.8) is 0 Å². The van der Waals surface area contributed by atoms with Gasteiger partial charge in [0.05, 0.1) is 22.3 Å². The summed E-state index contributed by atoms with van der Waals surface area (Å²) in [4.78, 5) is 35.1. The predicted octanol–water partition coefficient (Wildman–Crippen LogP) is 3.23. The highest BCUT2D eigenvalue weighted by Gasteiger charge is 2.16. The number of hydrogen-bond acceptors (Lipinski definition) is 7. The molecule has 1 aliphatic rings. The van der Waals surface area contributed by atoms with Gasteiger partial charge in [0.25, 0.3) is 5.91 Å². The minimum Gasteiger partial charge on any atom is -0.364 e. The molecule has 0 spiro atoms. The summed E-state index contributed by atoms with van der Waals surface area (Å²) >= 11 is 1.23. The lowest BCUT2D eigenvalue weighted by Crippen LogP contribution is -2.30. The van der Waals surface area contributed by atoms with Crippen molar-refractivity contribution in [2.45, 2.75) is 19.3 Å². The second kappa shape index (κ2) is 7.25. The highest BCUT2D eigenvalue weighted by atomic mass is 32.1. The van der Waals surface area contributed by atoms with E-state index in [1.165, 1.54) is 30.6 Å². The number of benzene rings is 1. The molecule has 0 saturated carbocycles. The molecule has 4 heterocycles. The fraction of sp³-hybridized carbons (Fsp3) is 0.250. The highest BCUT2D eigenvalue weighted by Crippen LogP contribution is 2.30. The van der Waals surface area contributed by atoms with Crippen molar-refractivity contribution in [2.75, 3.05) is 18.0 Å². The SMILES string of the molecule is NC(=O)c1nc(-c2cccc3[nH]c(-c4cnc(N5CCCCC5)nc4)nc23)cs1. The fourth-order valence-electron chi connectivity index (χ4n) is 3.59. The van der Waals surface area contributed by atoms with Gasteiger partial charge in [-0.25, -0.2) is 19.9 Å². The molecule has 8 nitrogen and oxygen atoms in total. The number of nitrogens with one attached hydrogen (secondary N) is 1. The largest absolute Gasteiger partial charge is 0.364 e. The van der Waals surface area contributed by atoms with Gasteiger partial charge in [-0.1, -0.05) is 12.1 Å². The molecule has 9 heteroatoms. The van der Waals surface area contributed by atoms with Gasteiger partial charge in [-0.2, -0.15) is 0 Å². The molecule has 1 saturated heterocycles. The van der Waals surface area contributed by atoms with E-state index in [1.54, 1.807) is 0 Å². The number of rotatable bonds is 4. The van der Waals surface area contributed by atoms with Crippen molar-refractivity contribution in [1.82, 2.24) is 24.9 Å². The van der Waals surface area contributed by atoms with Gasteiger partial charge in [-0.05, 0) is 25.3 Å². The number of nitrogens with zero attached hydrogens (tertiary/aromatic N) is 5. The molecule has 3 aromatic heterocycles. The maximum absolute atomic E-state index is 11.4. The Labute approximate surface area is 170 Å². The van der Waals surface area contributed by atoms with E-state index in [-0.39, 0.29) is 5.01 Å². The number of H-pyrrole nitrogens is 1. The lowest BCUT2D eigenvalue weighted by atomic mass is 10.1. The Morgan fingerprint density at radius 3 is 2.62 bits per heavy atom. The van der Waals surface area contributed by atoms with E-state index in [2.05, 4.69) is 24.8 Å². The van der Waals surface area contributed by atoms with E-state index in [9.17, 15) is 4.79 Å². The van der Waals surface area contributed by atoms with E-state index < -0.39 is 5.91 Å². The van der Waals surface area contributed by atoms with Crippen LogP contribution in [0.5, 0.6) is 0 Å². The zero-order valence-corrected chi connectivity index (χ0v) is 16.4. The molecule has 1 amide bonds. The lowest BCUT2D eigenvalue weighted by Gasteiger charge is -2.26. The molecule has 0 aliphatic carbocycles. The Morgan fingerprint density at radius 1 is 1.10 bits per heavy atom. The molecule has 1 aliphatic heterocycles. The summed E-state index contributed by atoms with van der Waals surface area (Å²) in [5, 5.41) is 2.11. The van der Waals surface area contributed by atoms with Crippen LogP contribution >= 0.6 is 11.3 Å². The first kappa shape index (κ1) is 17.7. The van der Waals surface area contributed by atoms with Gasteiger partial charge < -0.3 is 15.6 Å². The van der Waals surface area contributed by atoms with Crippen LogP contribution in [0.1, 0.15) is 29.1 Å². The Morgan fingerprint density at radius 2 is 1.90 bits per heavy atom. The number of aromatic nitrogens is 5. The van der Waals surface area contributed by atoms with Crippen LogP contribution in [0.4, 0.5) is 5.95 Å². The van der Waals surface area contributed by atoms with Crippen LogP contribution in [0.25, 0.3) is 33.7 Å². The van der Waals surface area contributed by atoms with Crippen molar-refractivity contribution in [3.05, 3.63) is 41.0 Å². The first-order valence-corrected chi connectivity index (χ1v) is 10.4. The molecule has 5 rings (SSSR count). The van der Waals surface area contributed by atoms with Gasteiger partial charge in [0.15, 0.2) is 5.01 Å². The van der Waals surface area contributed by atoms with E-state index in [4.69, 9.17) is 10.7 Å². The second-order valence-corrected chi connectivity index (χ2v) is 7.87. The van der Waals surface area contributed by atoms with Crippen LogP contribution in [0, 0.1) is 0 Å². The monoisotopic (exact) mass is 405 g/mol. The number of piperidine rings is 1. The molecule has 3 N–H and O–H groups in total. The number of fused-ring (bicyclic) bond motifs is 1. The van der Waals surface area contributed by atoms with E-state index in [0.717, 1.165) is 41.2 Å². The summed E-state index contributed by atoms with van der Waals surface area (Å²) in [5.41, 5.74) is 9.35. The van der Waals surface area contributed by atoms with Crippen LogP contribution in [0.2, 0.25) is 0 Å². The first-order chi connectivity index (χ1) is 14.2. The number of carbonyl (C=O) groups excluding carboxylic acids is 1. The van der Waals surface area contributed by atoms with Gasteiger partial charge in [-0.3, -0.25) is 4.79 Å². The van der Waals surface area contributed by atoms with Crippen molar-refractivity contribution in [1.29, 1.82) is 0 Å². The molecular formula is C20H19N7OS. The third-order valence-electron chi connectivity index (χ3n) is 5.05. The van der Waals surface area contributed by atoms with E-state index in [1.807, 2.05) is 36.0 Å². The van der Waals surface area contributed by atoms with Gasteiger partial charge in [0, 0.05) is 36.4 Å².